The van der Waals surface area contributed by atoms with Crippen molar-refractivity contribution in [2.24, 2.45) is 0 Å². The van der Waals surface area contributed by atoms with Gasteiger partial charge in [-0.05, 0) is 53.0 Å². The second-order valence-corrected chi connectivity index (χ2v) is 7.12. The molecule has 2 rings (SSSR count). The van der Waals surface area contributed by atoms with Gasteiger partial charge in [0.05, 0.1) is 11.4 Å². The first kappa shape index (κ1) is 15.8. The first-order chi connectivity index (χ1) is 9.74. The predicted octanol–water partition coefficient (Wildman–Crippen LogP) is 3.59. The zero-order valence-corrected chi connectivity index (χ0v) is 13.8. The normalized spacial score (nSPS) is 11.4. The largest absolute Gasteiger partial charge is 0.397 e. The zero-order valence-electron chi connectivity index (χ0n) is 11.4. The average Bonchev–Trinajstić information content (AvgIpc) is 2.39. The Balaban J connectivity index is 2.57. The maximum Gasteiger partial charge on any atom is 0.264 e. The maximum atomic E-state index is 13.8. The van der Waals surface area contributed by atoms with E-state index in [4.69, 9.17) is 5.73 Å². The van der Waals surface area contributed by atoms with Gasteiger partial charge in [0.25, 0.3) is 10.0 Å². The van der Waals surface area contributed by atoms with Crippen molar-refractivity contribution in [2.75, 3.05) is 10.5 Å². The number of nitrogen functional groups attached to an aromatic ring is 1. The summed E-state index contributed by atoms with van der Waals surface area (Å²) >= 11 is 3.13. The third-order valence-corrected chi connectivity index (χ3v) is 5.29. The summed E-state index contributed by atoms with van der Waals surface area (Å²) in [7, 11) is -3.99. The molecule has 0 unspecified atom stereocenters. The number of nitrogens with two attached hydrogens (primary N) is 1. The number of aryl methyl sites for hydroxylation is 2. The molecule has 0 aliphatic carbocycles. The van der Waals surface area contributed by atoms with Gasteiger partial charge in [0.2, 0.25) is 0 Å². The van der Waals surface area contributed by atoms with Gasteiger partial charge in [-0.1, -0.05) is 18.2 Å². The molecule has 0 amide bonds. The van der Waals surface area contributed by atoms with Crippen LogP contribution in [0.1, 0.15) is 11.1 Å². The fraction of sp³-hybridized carbons (Fsp3) is 0.143. The molecule has 2 aromatic rings. The fourth-order valence-corrected chi connectivity index (χ4v) is 4.04. The highest BCUT2D eigenvalue weighted by Gasteiger charge is 2.23. The van der Waals surface area contributed by atoms with Crippen molar-refractivity contribution in [3.8, 4) is 0 Å². The number of anilines is 2. The van der Waals surface area contributed by atoms with Gasteiger partial charge in [-0.15, -0.1) is 0 Å². The van der Waals surface area contributed by atoms with E-state index in [2.05, 4.69) is 20.7 Å². The van der Waals surface area contributed by atoms with Crippen molar-refractivity contribution >= 4 is 37.3 Å². The molecule has 0 bridgehead atoms. The second kappa shape index (κ2) is 5.65. The lowest BCUT2D eigenvalue weighted by molar-refractivity contribution is 0.598. The Morgan fingerprint density at radius 1 is 1.14 bits per heavy atom. The molecule has 0 aromatic heterocycles. The number of sulfonamides is 1. The summed E-state index contributed by atoms with van der Waals surface area (Å²) in [4.78, 5) is -0.0300. The van der Waals surface area contributed by atoms with E-state index in [-0.39, 0.29) is 16.3 Å². The Bertz CT molecular complexity index is 787. The highest BCUT2D eigenvalue weighted by atomic mass is 79.9. The van der Waals surface area contributed by atoms with Crippen molar-refractivity contribution < 1.29 is 12.8 Å². The molecule has 0 saturated carbocycles. The third-order valence-electron chi connectivity index (χ3n) is 3.08. The summed E-state index contributed by atoms with van der Waals surface area (Å²) in [6.07, 6.45) is 0. The predicted molar refractivity (Wildman–Crippen MR) is 85.2 cm³/mol. The number of halogens is 2. The van der Waals surface area contributed by atoms with E-state index in [1.54, 1.807) is 32.0 Å². The standard InChI is InChI=1S/C14H14BrFN2O2S/c1-8-6-7-9(2)14(12(8)17)21(19,20)18-13-10(15)4-3-5-11(13)16/h3-7,18H,17H2,1-2H3. The van der Waals surface area contributed by atoms with Gasteiger partial charge < -0.3 is 5.73 Å². The SMILES string of the molecule is Cc1ccc(C)c(S(=O)(=O)Nc2c(F)cccc2Br)c1N. The highest BCUT2D eigenvalue weighted by Crippen LogP contribution is 2.31. The Labute approximate surface area is 131 Å². The van der Waals surface area contributed by atoms with E-state index in [1.165, 1.54) is 12.1 Å². The van der Waals surface area contributed by atoms with Crippen LogP contribution in [0.25, 0.3) is 0 Å². The molecule has 0 saturated heterocycles. The second-order valence-electron chi connectivity index (χ2n) is 4.64. The molecule has 2 aromatic carbocycles. The minimum Gasteiger partial charge on any atom is -0.397 e. The van der Waals surface area contributed by atoms with Gasteiger partial charge in [0, 0.05) is 4.47 Å². The van der Waals surface area contributed by atoms with Crippen LogP contribution in [0.15, 0.2) is 39.7 Å². The molecule has 0 aliphatic heterocycles. The fourth-order valence-electron chi connectivity index (χ4n) is 1.94. The van der Waals surface area contributed by atoms with Gasteiger partial charge in [0.15, 0.2) is 0 Å². The molecule has 21 heavy (non-hydrogen) atoms. The molecule has 7 heteroatoms. The van der Waals surface area contributed by atoms with Crippen molar-refractivity contribution in [3.05, 3.63) is 51.7 Å². The van der Waals surface area contributed by atoms with E-state index in [9.17, 15) is 12.8 Å². The number of nitrogens with one attached hydrogen (secondary N) is 1. The Morgan fingerprint density at radius 2 is 1.76 bits per heavy atom. The number of hydrogen-bond donors (Lipinski definition) is 2. The summed E-state index contributed by atoms with van der Waals surface area (Å²) in [6.45, 7) is 3.35. The van der Waals surface area contributed by atoms with Crippen molar-refractivity contribution in [1.29, 1.82) is 0 Å². The first-order valence-electron chi connectivity index (χ1n) is 6.06. The summed E-state index contributed by atoms with van der Waals surface area (Å²) in [5, 5.41) is 0. The van der Waals surface area contributed by atoms with Gasteiger partial charge >= 0.3 is 0 Å². The van der Waals surface area contributed by atoms with Crippen molar-refractivity contribution in [1.82, 2.24) is 0 Å². The lowest BCUT2D eigenvalue weighted by Gasteiger charge is -2.15. The number of benzene rings is 2. The monoisotopic (exact) mass is 372 g/mol. The van der Waals surface area contributed by atoms with Crippen LogP contribution in [0.5, 0.6) is 0 Å². The average molecular weight is 373 g/mol. The summed E-state index contributed by atoms with van der Waals surface area (Å²) in [6, 6.07) is 7.60. The first-order valence-corrected chi connectivity index (χ1v) is 8.34. The van der Waals surface area contributed by atoms with Crippen LogP contribution in [-0.2, 0) is 10.0 Å². The van der Waals surface area contributed by atoms with E-state index in [0.29, 0.717) is 15.6 Å². The van der Waals surface area contributed by atoms with Gasteiger partial charge in [-0.25, -0.2) is 12.8 Å². The zero-order chi connectivity index (χ0) is 15.8. The molecular weight excluding hydrogens is 359 g/mol. The minimum atomic E-state index is -3.99. The smallest absolute Gasteiger partial charge is 0.264 e. The molecule has 0 spiro atoms. The lowest BCUT2D eigenvalue weighted by Crippen LogP contribution is -2.18. The Hall–Kier alpha value is -1.60. The van der Waals surface area contributed by atoms with E-state index in [1.807, 2.05) is 0 Å². The molecule has 0 fully saturated rings. The third kappa shape index (κ3) is 3.03. The van der Waals surface area contributed by atoms with Gasteiger partial charge in [0.1, 0.15) is 10.7 Å². The Morgan fingerprint density at radius 3 is 2.38 bits per heavy atom. The van der Waals surface area contributed by atoms with Crippen LogP contribution in [0.4, 0.5) is 15.8 Å². The van der Waals surface area contributed by atoms with Crippen LogP contribution >= 0.6 is 15.9 Å². The molecule has 3 N–H and O–H groups in total. The highest BCUT2D eigenvalue weighted by molar-refractivity contribution is 9.10. The van der Waals surface area contributed by atoms with E-state index >= 15 is 0 Å². The van der Waals surface area contributed by atoms with Gasteiger partial charge in [-0.3, -0.25) is 4.72 Å². The van der Waals surface area contributed by atoms with Crippen molar-refractivity contribution in [3.63, 3.8) is 0 Å². The quantitative estimate of drug-likeness (QED) is 0.808. The molecule has 0 aliphatic rings. The topological polar surface area (TPSA) is 72.2 Å². The number of hydrogen-bond acceptors (Lipinski definition) is 3. The van der Waals surface area contributed by atoms with Crippen LogP contribution in [-0.4, -0.2) is 8.42 Å². The number of rotatable bonds is 3. The van der Waals surface area contributed by atoms with Gasteiger partial charge in [-0.2, -0.15) is 0 Å². The summed E-state index contributed by atoms with van der Waals surface area (Å²) in [5.74, 6) is -0.670. The molecule has 112 valence electrons. The van der Waals surface area contributed by atoms with Crippen molar-refractivity contribution in [2.45, 2.75) is 18.7 Å². The van der Waals surface area contributed by atoms with E-state index in [0.717, 1.165) is 0 Å². The molecule has 4 nitrogen and oxygen atoms in total. The summed E-state index contributed by atoms with van der Waals surface area (Å²) < 4.78 is 41.4. The molecular formula is C14H14BrFN2O2S. The lowest BCUT2D eigenvalue weighted by atomic mass is 10.1. The minimum absolute atomic E-state index is 0.0300. The van der Waals surface area contributed by atoms with Crippen LogP contribution in [0, 0.1) is 19.7 Å². The van der Waals surface area contributed by atoms with Crippen LogP contribution in [0.2, 0.25) is 0 Å². The molecule has 0 atom stereocenters. The Kier molecular flexibility index (Phi) is 4.25. The van der Waals surface area contributed by atoms with E-state index < -0.39 is 15.8 Å². The molecule has 0 heterocycles. The number of para-hydroxylation sites is 1. The summed E-state index contributed by atoms with van der Waals surface area (Å²) in [5.41, 5.74) is 7.04. The molecule has 0 radical (unpaired) electrons. The van der Waals surface area contributed by atoms with Crippen LogP contribution < -0.4 is 10.5 Å². The van der Waals surface area contributed by atoms with Crippen LogP contribution in [0.3, 0.4) is 0 Å². The maximum absolute atomic E-state index is 13.8.